The quantitative estimate of drug-likeness (QED) is 0.859. The van der Waals surface area contributed by atoms with E-state index in [0.29, 0.717) is 0 Å². The van der Waals surface area contributed by atoms with E-state index in [1.54, 1.807) is 6.33 Å². The second kappa shape index (κ2) is 4.78. The lowest BCUT2D eigenvalue weighted by Gasteiger charge is -2.30. The summed E-state index contributed by atoms with van der Waals surface area (Å²) in [7, 11) is 0. The molecule has 2 aliphatic rings. The molecule has 4 heteroatoms. The van der Waals surface area contributed by atoms with Gasteiger partial charge in [0.25, 0.3) is 0 Å². The molecule has 0 saturated carbocycles. The summed E-state index contributed by atoms with van der Waals surface area (Å²) in [5.74, 6) is 0.875. The largest absolute Gasteiger partial charge is 0.328 e. The Labute approximate surface area is 118 Å². The highest BCUT2D eigenvalue weighted by Crippen LogP contribution is 2.39. The zero-order chi connectivity index (χ0) is 13.4. The number of rotatable bonds is 1. The third-order valence-corrected chi connectivity index (χ3v) is 4.29. The first kappa shape index (κ1) is 11.7. The Hall–Kier alpha value is -2.10. The van der Waals surface area contributed by atoms with Crippen LogP contribution in [0.4, 0.5) is 5.95 Å². The van der Waals surface area contributed by atoms with Crippen molar-refractivity contribution < 1.29 is 0 Å². The molecule has 0 spiro atoms. The first-order valence-electron chi connectivity index (χ1n) is 7.37. The molecule has 1 atom stereocenters. The molecule has 1 aromatic carbocycles. The summed E-state index contributed by atoms with van der Waals surface area (Å²) >= 11 is 0. The SMILES string of the molecule is c1ccc(C2C3=C(CCCCC3)Nc3ncnn32)cc1. The minimum absolute atomic E-state index is 0.211. The highest BCUT2D eigenvalue weighted by atomic mass is 15.4. The average Bonchev–Trinajstić information content (AvgIpc) is 2.82. The van der Waals surface area contributed by atoms with E-state index in [1.165, 1.54) is 36.1 Å². The van der Waals surface area contributed by atoms with Crippen LogP contribution in [0.5, 0.6) is 0 Å². The monoisotopic (exact) mass is 266 g/mol. The topological polar surface area (TPSA) is 42.7 Å². The second-order valence-corrected chi connectivity index (χ2v) is 5.53. The number of benzene rings is 1. The highest BCUT2D eigenvalue weighted by molar-refractivity contribution is 5.47. The lowest BCUT2D eigenvalue weighted by atomic mass is 9.92. The maximum Gasteiger partial charge on any atom is 0.226 e. The third kappa shape index (κ3) is 1.83. The van der Waals surface area contributed by atoms with Gasteiger partial charge in [0, 0.05) is 5.70 Å². The van der Waals surface area contributed by atoms with Gasteiger partial charge in [-0.25, -0.2) is 4.68 Å². The van der Waals surface area contributed by atoms with E-state index in [1.807, 2.05) is 4.68 Å². The molecule has 0 saturated heterocycles. The number of aromatic nitrogens is 3. The number of fused-ring (bicyclic) bond motifs is 1. The minimum Gasteiger partial charge on any atom is -0.328 e. The van der Waals surface area contributed by atoms with Crippen molar-refractivity contribution in [1.29, 1.82) is 0 Å². The number of allylic oxidation sites excluding steroid dienone is 2. The van der Waals surface area contributed by atoms with Gasteiger partial charge < -0.3 is 5.32 Å². The smallest absolute Gasteiger partial charge is 0.226 e. The van der Waals surface area contributed by atoms with Crippen molar-refractivity contribution in [3.63, 3.8) is 0 Å². The molecule has 0 radical (unpaired) electrons. The molecule has 0 bridgehead atoms. The Kier molecular flexibility index (Phi) is 2.80. The van der Waals surface area contributed by atoms with Crippen molar-refractivity contribution in [3.05, 3.63) is 53.5 Å². The van der Waals surface area contributed by atoms with E-state index in [9.17, 15) is 0 Å². The van der Waals surface area contributed by atoms with Crippen molar-refractivity contribution in [2.45, 2.75) is 38.1 Å². The standard InChI is InChI=1S/C16H18N4/c1-3-7-12(8-4-1)15-13-9-5-2-6-10-14(13)19-16-17-11-18-20(15)16/h1,3-4,7-8,11,15H,2,5-6,9-10H2,(H,17,18,19). The van der Waals surface area contributed by atoms with Gasteiger partial charge in [-0.3, -0.25) is 0 Å². The Morgan fingerprint density at radius 3 is 2.80 bits per heavy atom. The maximum atomic E-state index is 4.45. The molecular weight excluding hydrogens is 248 g/mol. The van der Waals surface area contributed by atoms with Crippen LogP contribution in [0.25, 0.3) is 0 Å². The van der Waals surface area contributed by atoms with Gasteiger partial charge in [0.15, 0.2) is 0 Å². The number of nitrogens with zero attached hydrogens (tertiary/aromatic N) is 3. The zero-order valence-corrected chi connectivity index (χ0v) is 11.4. The summed E-state index contributed by atoms with van der Waals surface area (Å²) in [5.41, 5.74) is 4.17. The summed E-state index contributed by atoms with van der Waals surface area (Å²) in [6, 6.07) is 10.9. The molecule has 0 amide bonds. The Balaban J connectivity index is 1.86. The summed E-state index contributed by atoms with van der Waals surface area (Å²) in [6.07, 6.45) is 7.78. The van der Waals surface area contributed by atoms with Crippen LogP contribution in [0, 0.1) is 0 Å². The fourth-order valence-corrected chi connectivity index (χ4v) is 3.34. The predicted octanol–water partition coefficient (Wildman–Crippen LogP) is 3.51. The molecule has 1 N–H and O–H groups in total. The van der Waals surface area contributed by atoms with Crippen molar-refractivity contribution in [2.75, 3.05) is 5.32 Å². The molecule has 1 aliphatic carbocycles. The molecule has 1 unspecified atom stereocenters. The van der Waals surface area contributed by atoms with Crippen LogP contribution in [0.15, 0.2) is 47.9 Å². The number of anilines is 1. The van der Waals surface area contributed by atoms with Gasteiger partial charge in [-0.1, -0.05) is 36.8 Å². The number of hydrogen-bond donors (Lipinski definition) is 1. The fraction of sp³-hybridized carbons (Fsp3) is 0.375. The minimum atomic E-state index is 0.211. The van der Waals surface area contributed by atoms with Gasteiger partial charge in [0.2, 0.25) is 5.95 Å². The molecule has 4 nitrogen and oxygen atoms in total. The van der Waals surface area contributed by atoms with Gasteiger partial charge in [-0.2, -0.15) is 10.1 Å². The normalized spacial score (nSPS) is 21.7. The van der Waals surface area contributed by atoms with Crippen LogP contribution in [-0.2, 0) is 0 Å². The van der Waals surface area contributed by atoms with Crippen LogP contribution in [0.2, 0.25) is 0 Å². The van der Waals surface area contributed by atoms with Crippen LogP contribution in [0.3, 0.4) is 0 Å². The van der Waals surface area contributed by atoms with Gasteiger partial charge in [0.1, 0.15) is 12.4 Å². The first-order chi connectivity index (χ1) is 9.93. The molecule has 4 rings (SSSR count). The highest BCUT2D eigenvalue weighted by Gasteiger charge is 2.30. The van der Waals surface area contributed by atoms with E-state index < -0.39 is 0 Å². The van der Waals surface area contributed by atoms with Gasteiger partial charge in [0.05, 0.1) is 0 Å². The number of nitrogens with one attached hydrogen (secondary N) is 1. The summed E-state index contributed by atoms with van der Waals surface area (Å²) in [6.45, 7) is 0. The lowest BCUT2D eigenvalue weighted by Crippen LogP contribution is -2.25. The van der Waals surface area contributed by atoms with Crippen molar-refractivity contribution in [3.8, 4) is 0 Å². The van der Waals surface area contributed by atoms with Crippen LogP contribution in [-0.4, -0.2) is 14.8 Å². The molecule has 2 aromatic rings. The number of hydrogen-bond acceptors (Lipinski definition) is 3. The van der Waals surface area contributed by atoms with Crippen molar-refractivity contribution in [2.24, 2.45) is 0 Å². The van der Waals surface area contributed by atoms with Crippen LogP contribution >= 0.6 is 0 Å². The molecule has 0 fully saturated rings. The van der Waals surface area contributed by atoms with Crippen LogP contribution < -0.4 is 5.32 Å². The van der Waals surface area contributed by atoms with E-state index >= 15 is 0 Å². The molecule has 1 aliphatic heterocycles. The Morgan fingerprint density at radius 2 is 1.90 bits per heavy atom. The summed E-state index contributed by atoms with van der Waals surface area (Å²) in [5, 5.41) is 7.93. The van der Waals surface area contributed by atoms with Gasteiger partial charge in [-0.15, -0.1) is 0 Å². The lowest BCUT2D eigenvalue weighted by molar-refractivity contribution is 0.552. The zero-order valence-electron chi connectivity index (χ0n) is 11.4. The van der Waals surface area contributed by atoms with E-state index in [0.717, 1.165) is 18.8 Å². The molecule has 2 heterocycles. The van der Waals surface area contributed by atoms with Crippen LogP contribution in [0.1, 0.15) is 43.7 Å². The van der Waals surface area contributed by atoms with Gasteiger partial charge >= 0.3 is 0 Å². The predicted molar refractivity (Wildman–Crippen MR) is 78.3 cm³/mol. The van der Waals surface area contributed by atoms with E-state index in [-0.39, 0.29) is 6.04 Å². The molecule has 1 aromatic heterocycles. The fourth-order valence-electron chi connectivity index (χ4n) is 3.34. The van der Waals surface area contributed by atoms with Gasteiger partial charge in [-0.05, 0) is 36.8 Å². The molecule has 20 heavy (non-hydrogen) atoms. The average molecular weight is 266 g/mol. The molecule has 102 valence electrons. The Bertz CT molecular complexity index is 642. The summed E-state index contributed by atoms with van der Waals surface area (Å²) in [4.78, 5) is 4.36. The molecular formula is C16H18N4. The van der Waals surface area contributed by atoms with E-state index in [4.69, 9.17) is 0 Å². The summed E-state index contributed by atoms with van der Waals surface area (Å²) < 4.78 is 2.03. The maximum absolute atomic E-state index is 4.45. The van der Waals surface area contributed by atoms with E-state index in [2.05, 4.69) is 45.7 Å². The Morgan fingerprint density at radius 1 is 1.05 bits per heavy atom. The van der Waals surface area contributed by atoms with Crippen molar-refractivity contribution in [1.82, 2.24) is 14.8 Å². The third-order valence-electron chi connectivity index (χ3n) is 4.29. The first-order valence-corrected chi connectivity index (χ1v) is 7.37. The second-order valence-electron chi connectivity index (χ2n) is 5.53. The van der Waals surface area contributed by atoms with Crippen molar-refractivity contribution >= 4 is 5.95 Å².